The second-order valence-electron chi connectivity index (χ2n) is 7.99. The van der Waals surface area contributed by atoms with E-state index in [2.05, 4.69) is 33.6 Å². The molecule has 1 aliphatic rings. The molecule has 0 amide bonds. The van der Waals surface area contributed by atoms with Gasteiger partial charge in [0.25, 0.3) is 0 Å². The van der Waals surface area contributed by atoms with Gasteiger partial charge in [-0.2, -0.15) is 4.39 Å². The molecule has 0 radical (unpaired) electrons. The molecule has 1 saturated heterocycles. The van der Waals surface area contributed by atoms with E-state index in [1.54, 1.807) is 18.5 Å². The Morgan fingerprint density at radius 1 is 0.903 bits per heavy atom. The quantitative estimate of drug-likeness (QED) is 0.474. The lowest BCUT2D eigenvalue weighted by Gasteiger charge is -2.37. The number of fused-ring (bicyclic) bond motifs is 1. The number of anilines is 1. The van der Waals surface area contributed by atoms with E-state index >= 15 is 0 Å². The van der Waals surface area contributed by atoms with Gasteiger partial charge in [-0.3, -0.25) is 9.88 Å². The summed E-state index contributed by atoms with van der Waals surface area (Å²) in [5, 5.41) is 4.95. The molecule has 5 heterocycles. The van der Waals surface area contributed by atoms with Crippen LogP contribution in [0.25, 0.3) is 28.2 Å². The molecule has 0 saturated carbocycles. The Hall–Kier alpha value is -3.39. The van der Waals surface area contributed by atoms with Crippen LogP contribution in [0.15, 0.2) is 55.0 Å². The lowest BCUT2D eigenvalue weighted by Crippen LogP contribution is -2.49. The van der Waals surface area contributed by atoms with E-state index in [4.69, 9.17) is 10.1 Å². The van der Waals surface area contributed by atoms with E-state index in [-0.39, 0.29) is 0 Å². The van der Waals surface area contributed by atoms with Crippen LogP contribution in [-0.4, -0.2) is 61.7 Å². The second kappa shape index (κ2) is 8.03. The van der Waals surface area contributed by atoms with Gasteiger partial charge in [0.1, 0.15) is 11.5 Å². The number of nitrogens with zero attached hydrogens (tertiary/aromatic N) is 7. The van der Waals surface area contributed by atoms with Crippen LogP contribution >= 0.6 is 0 Å². The Kier molecular flexibility index (Phi) is 5.07. The summed E-state index contributed by atoms with van der Waals surface area (Å²) in [6.07, 6.45) is 4.93. The highest BCUT2D eigenvalue weighted by molar-refractivity contribution is 5.81. The van der Waals surface area contributed by atoms with Crippen molar-refractivity contribution in [1.82, 2.24) is 29.5 Å². The Bertz CT molecular complexity index is 1200. The van der Waals surface area contributed by atoms with Crippen molar-refractivity contribution in [3.8, 4) is 22.5 Å². The maximum absolute atomic E-state index is 13.9. The summed E-state index contributed by atoms with van der Waals surface area (Å²) in [5.74, 6) is 0.378. The highest BCUT2D eigenvalue weighted by Gasteiger charge is 2.22. The molecule has 4 aromatic rings. The number of hydrogen-bond acceptors (Lipinski definition) is 6. The van der Waals surface area contributed by atoms with Gasteiger partial charge in [0.2, 0.25) is 5.95 Å². The summed E-state index contributed by atoms with van der Waals surface area (Å²) in [5.41, 5.74) is 3.77. The Labute approximate surface area is 180 Å². The molecule has 0 N–H and O–H groups in total. The molecule has 31 heavy (non-hydrogen) atoms. The third-order valence-electron chi connectivity index (χ3n) is 5.79. The molecule has 7 nitrogen and oxygen atoms in total. The molecular weight excluding hydrogens is 393 g/mol. The number of halogens is 1. The summed E-state index contributed by atoms with van der Waals surface area (Å²) in [6, 6.07) is 11.5. The van der Waals surface area contributed by atoms with Crippen LogP contribution in [-0.2, 0) is 0 Å². The molecule has 0 aliphatic carbocycles. The summed E-state index contributed by atoms with van der Waals surface area (Å²) in [4.78, 5) is 17.4. The van der Waals surface area contributed by atoms with Crippen LogP contribution in [0, 0.1) is 5.95 Å². The van der Waals surface area contributed by atoms with Crippen molar-refractivity contribution in [2.45, 2.75) is 19.9 Å². The van der Waals surface area contributed by atoms with E-state index in [9.17, 15) is 4.39 Å². The van der Waals surface area contributed by atoms with Crippen LogP contribution in [0.2, 0.25) is 0 Å². The van der Waals surface area contributed by atoms with Gasteiger partial charge in [-0.25, -0.2) is 14.5 Å². The van der Waals surface area contributed by atoms with Gasteiger partial charge in [-0.15, -0.1) is 5.10 Å². The van der Waals surface area contributed by atoms with Crippen molar-refractivity contribution >= 4 is 11.5 Å². The Morgan fingerprint density at radius 3 is 2.35 bits per heavy atom. The van der Waals surface area contributed by atoms with Crippen molar-refractivity contribution in [3.63, 3.8) is 0 Å². The van der Waals surface area contributed by atoms with E-state index in [0.29, 0.717) is 22.9 Å². The van der Waals surface area contributed by atoms with Gasteiger partial charge < -0.3 is 4.90 Å². The molecular formula is C23H24FN7. The molecule has 0 unspecified atom stereocenters. The number of hydrogen-bond donors (Lipinski definition) is 0. The Balaban J connectivity index is 1.61. The minimum Gasteiger partial charge on any atom is -0.353 e. The first-order chi connectivity index (χ1) is 15.1. The molecule has 1 fully saturated rings. The van der Waals surface area contributed by atoms with Crippen molar-refractivity contribution in [1.29, 1.82) is 0 Å². The summed E-state index contributed by atoms with van der Waals surface area (Å²) >= 11 is 0. The maximum atomic E-state index is 13.9. The summed E-state index contributed by atoms with van der Waals surface area (Å²) < 4.78 is 15.7. The first-order valence-electron chi connectivity index (χ1n) is 10.5. The van der Waals surface area contributed by atoms with Crippen molar-refractivity contribution < 1.29 is 4.39 Å². The molecule has 8 heteroatoms. The third-order valence-corrected chi connectivity index (χ3v) is 5.79. The van der Waals surface area contributed by atoms with Crippen LogP contribution in [0.4, 0.5) is 10.2 Å². The fraction of sp³-hybridized carbons (Fsp3) is 0.304. The zero-order valence-corrected chi connectivity index (χ0v) is 17.6. The maximum Gasteiger partial charge on any atom is 0.213 e. The SMILES string of the molecule is CC(C)N1CCN(c2ccc3nc(-c4ccnc(F)c4)c(-c4ccncc4)n3n2)CC1. The van der Waals surface area contributed by atoms with E-state index in [1.165, 1.54) is 12.3 Å². The van der Waals surface area contributed by atoms with Gasteiger partial charge in [-0.1, -0.05) is 0 Å². The second-order valence-corrected chi connectivity index (χ2v) is 7.99. The average molecular weight is 417 g/mol. The fourth-order valence-corrected chi connectivity index (χ4v) is 4.08. The minimum absolute atomic E-state index is 0.535. The lowest BCUT2D eigenvalue weighted by molar-refractivity contribution is 0.209. The smallest absolute Gasteiger partial charge is 0.213 e. The fourth-order valence-electron chi connectivity index (χ4n) is 4.08. The zero-order valence-electron chi connectivity index (χ0n) is 17.6. The predicted molar refractivity (Wildman–Crippen MR) is 118 cm³/mol. The highest BCUT2D eigenvalue weighted by atomic mass is 19.1. The molecule has 4 aromatic heterocycles. The summed E-state index contributed by atoms with van der Waals surface area (Å²) in [6.45, 7) is 8.35. The first kappa shape index (κ1) is 19.6. The largest absolute Gasteiger partial charge is 0.353 e. The van der Waals surface area contributed by atoms with Crippen LogP contribution in [0.5, 0.6) is 0 Å². The molecule has 0 spiro atoms. The van der Waals surface area contributed by atoms with Gasteiger partial charge in [0.05, 0.1) is 5.69 Å². The minimum atomic E-state index is -0.535. The topological polar surface area (TPSA) is 62.5 Å². The molecule has 0 bridgehead atoms. The summed E-state index contributed by atoms with van der Waals surface area (Å²) in [7, 11) is 0. The molecule has 1 aliphatic heterocycles. The number of aromatic nitrogens is 5. The van der Waals surface area contributed by atoms with E-state index in [1.807, 2.05) is 28.8 Å². The standard InChI is InChI=1S/C23H24FN7/c1-16(2)29-11-13-30(14-12-29)21-4-3-20-27-22(18-7-10-26-19(24)15-18)23(31(20)28-21)17-5-8-25-9-6-17/h3-10,15-16H,11-14H2,1-2H3. The monoisotopic (exact) mass is 417 g/mol. The van der Waals surface area contributed by atoms with Crippen molar-refractivity contribution in [2.75, 3.05) is 31.1 Å². The van der Waals surface area contributed by atoms with Crippen LogP contribution in [0.1, 0.15) is 13.8 Å². The van der Waals surface area contributed by atoms with Crippen LogP contribution in [0.3, 0.4) is 0 Å². The number of rotatable bonds is 4. The molecule has 0 aromatic carbocycles. The van der Waals surface area contributed by atoms with Crippen molar-refractivity contribution in [2.24, 2.45) is 0 Å². The van der Waals surface area contributed by atoms with Crippen LogP contribution < -0.4 is 4.90 Å². The van der Waals surface area contributed by atoms with Gasteiger partial charge in [0, 0.05) is 68.0 Å². The number of pyridine rings is 2. The normalized spacial score (nSPS) is 15.2. The Morgan fingerprint density at radius 2 is 1.65 bits per heavy atom. The van der Waals surface area contributed by atoms with Crippen molar-refractivity contribution in [3.05, 3.63) is 60.9 Å². The number of imidazole rings is 1. The van der Waals surface area contributed by atoms with Gasteiger partial charge in [-0.05, 0) is 44.2 Å². The van der Waals surface area contributed by atoms with E-state index in [0.717, 1.165) is 43.3 Å². The number of piperazine rings is 1. The average Bonchev–Trinajstić information content (AvgIpc) is 3.18. The van der Waals surface area contributed by atoms with E-state index < -0.39 is 5.95 Å². The predicted octanol–water partition coefficient (Wildman–Crippen LogP) is 3.52. The highest BCUT2D eigenvalue weighted by Crippen LogP contribution is 2.32. The lowest BCUT2D eigenvalue weighted by atomic mass is 10.1. The molecule has 0 atom stereocenters. The zero-order chi connectivity index (χ0) is 21.4. The van der Waals surface area contributed by atoms with Gasteiger partial charge >= 0.3 is 0 Å². The van der Waals surface area contributed by atoms with Gasteiger partial charge in [0.15, 0.2) is 5.65 Å². The third kappa shape index (κ3) is 3.74. The molecule has 158 valence electrons. The first-order valence-corrected chi connectivity index (χ1v) is 10.5. The molecule has 5 rings (SSSR count).